The SMILES string of the molecule is Cc1ccc(-n2c(=O)c(C(=O)N(I)c3ccc(Oc4ccnc5c4c(C)nn5N)c(F)c3)cn(C(C)C)c2=O)cc1. The fourth-order valence-electron chi connectivity index (χ4n) is 4.34. The van der Waals surface area contributed by atoms with Gasteiger partial charge in [-0.05, 0) is 58.0 Å². The molecule has 41 heavy (non-hydrogen) atoms. The summed E-state index contributed by atoms with van der Waals surface area (Å²) in [4.78, 5) is 45.5. The van der Waals surface area contributed by atoms with Gasteiger partial charge in [-0.15, -0.1) is 0 Å². The summed E-state index contributed by atoms with van der Waals surface area (Å²) in [5.41, 5.74) is 0.786. The number of carbonyl (C=O) groups is 1. The van der Waals surface area contributed by atoms with Gasteiger partial charge < -0.3 is 10.6 Å². The molecule has 0 aliphatic rings. The van der Waals surface area contributed by atoms with E-state index in [-0.39, 0.29) is 23.0 Å². The number of pyridine rings is 1. The summed E-state index contributed by atoms with van der Waals surface area (Å²) in [6.45, 7) is 7.15. The molecule has 3 heterocycles. The number of anilines is 1. The van der Waals surface area contributed by atoms with Crippen LogP contribution in [0.1, 0.15) is 41.5 Å². The van der Waals surface area contributed by atoms with Crippen molar-refractivity contribution in [2.45, 2.75) is 33.7 Å². The first-order valence-corrected chi connectivity index (χ1v) is 13.5. The van der Waals surface area contributed by atoms with E-state index < -0.39 is 23.0 Å². The van der Waals surface area contributed by atoms with Gasteiger partial charge in [-0.3, -0.25) is 14.2 Å². The smallest absolute Gasteiger partial charge is 0.335 e. The number of nitrogens with two attached hydrogens (primary N) is 1. The van der Waals surface area contributed by atoms with E-state index in [1.165, 1.54) is 29.1 Å². The first kappa shape index (κ1) is 28.0. The van der Waals surface area contributed by atoms with E-state index in [0.29, 0.717) is 28.2 Å². The van der Waals surface area contributed by atoms with Crippen molar-refractivity contribution in [2.75, 3.05) is 8.96 Å². The van der Waals surface area contributed by atoms with E-state index in [0.717, 1.165) is 24.1 Å². The minimum Gasteiger partial charge on any atom is -0.453 e. The predicted molar refractivity (Wildman–Crippen MR) is 161 cm³/mol. The lowest BCUT2D eigenvalue weighted by Crippen LogP contribution is -2.43. The van der Waals surface area contributed by atoms with Gasteiger partial charge in [0.25, 0.3) is 11.5 Å². The number of aryl methyl sites for hydroxylation is 2. The second-order valence-electron chi connectivity index (χ2n) is 9.64. The molecule has 2 N–H and O–H groups in total. The lowest BCUT2D eigenvalue weighted by molar-refractivity contribution is 0.101. The molecule has 210 valence electrons. The van der Waals surface area contributed by atoms with Crippen LogP contribution in [0.25, 0.3) is 16.7 Å². The summed E-state index contributed by atoms with van der Waals surface area (Å²) in [5, 5.41) is 4.66. The molecule has 2 aromatic carbocycles. The maximum absolute atomic E-state index is 15.2. The van der Waals surface area contributed by atoms with Crippen LogP contribution in [0.5, 0.6) is 11.5 Å². The Bertz CT molecular complexity index is 1930. The largest absolute Gasteiger partial charge is 0.453 e. The van der Waals surface area contributed by atoms with Gasteiger partial charge in [0.1, 0.15) is 11.3 Å². The Morgan fingerprint density at radius 1 is 1.07 bits per heavy atom. The van der Waals surface area contributed by atoms with E-state index in [9.17, 15) is 14.4 Å². The van der Waals surface area contributed by atoms with Crippen LogP contribution in [0.4, 0.5) is 10.1 Å². The van der Waals surface area contributed by atoms with Gasteiger partial charge in [-0.1, -0.05) is 17.7 Å². The molecule has 0 spiro atoms. The number of aromatic nitrogens is 5. The molecule has 0 unspecified atom stereocenters. The Kier molecular flexibility index (Phi) is 7.38. The zero-order valence-electron chi connectivity index (χ0n) is 22.5. The van der Waals surface area contributed by atoms with E-state index in [1.807, 2.05) is 6.92 Å². The number of carbonyl (C=O) groups excluding carboxylic acids is 1. The van der Waals surface area contributed by atoms with E-state index in [1.54, 1.807) is 74.0 Å². The van der Waals surface area contributed by atoms with Crippen molar-refractivity contribution in [3.63, 3.8) is 0 Å². The number of benzene rings is 2. The van der Waals surface area contributed by atoms with Gasteiger partial charge in [0.15, 0.2) is 17.2 Å². The molecule has 1 amide bonds. The summed E-state index contributed by atoms with van der Waals surface area (Å²) < 4.78 is 24.5. The third-order valence-corrected chi connectivity index (χ3v) is 7.46. The topological polar surface area (TPSA) is 130 Å². The van der Waals surface area contributed by atoms with Crippen molar-refractivity contribution in [1.29, 1.82) is 0 Å². The molecule has 0 saturated heterocycles. The summed E-state index contributed by atoms with van der Waals surface area (Å²) >= 11 is 1.70. The summed E-state index contributed by atoms with van der Waals surface area (Å²) in [6, 6.07) is 12.0. The Hall–Kier alpha value is -4.53. The van der Waals surface area contributed by atoms with Crippen LogP contribution in [-0.2, 0) is 0 Å². The molecule has 5 aromatic rings. The molecule has 0 aliphatic carbocycles. The third-order valence-electron chi connectivity index (χ3n) is 6.46. The Balaban J connectivity index is 1.50. The number of nitrogen functional groups attached to an aromatic ring is 1. The van der Waals surface area contributed by atoms with Gasteiger partial charge in [0, 0.05) is 24.5 Å². The van der Waals surface area contributed by atoms with Crippen LogP contribution in [0, 0.1) is 19.7 Å². The van der Waals surface area contributed by atoms with Crippen LogP contribution in [0.15, 0.2) is 70.5 Å². The molecule has 0 atom stereocenters. The number of ether oxygens (including phenoxy) is 1. The lowest BCUT2D eigenvalue weighted by atomic mass is 10.2. The molecule has 11 nitrogen and oxygen atoms in total. The van der Waals surface area contributed by atoms with Gasteiger partial charge >= 0.3 is 5.69 Å². The molecule has 5 rings (SSSR count). The number of rotatable bonds is 6. The third kappa shape index (κ3) is 5.08. The van der Waals surface area contributed by atoms with Gasteiger partial charge in [0.05, 0.1) is 45.3 Å². The van der Waals surface area contributed by atoms with E-state index in [2.05, 4.69) is 10.1 Å². The van der Waals surface area contributed by atoms with E-state index >= 15 is 4.39 Å². The van der Waals surface area contributed by atoms with Gasteiger partial charge in [0.2, 0.25) is 0 Å². The van der Waals surface area contributed by atoms with Crippen molar-refractivity contribution >= 4 is 45.5 Å². The number of amides is 1. The van der Waals surface area contributed by atoms with Crippen molar-refractivity contribution in [2.24, 2.45) is 0 Å². The lowest BCUT2D eigenvalue weighted by Gasteiger charge is -2.19. The van der Waals surface area contributed by atoms with Crippen LogP contribution >= 0.6 is 22.9 Å². The van der Waals surface area contributed by atoms with Crippen molar-refractivity contribution in [3.8, 4) is 17.2 Å². The van der Waals surface area contributed by atoms with Crippen LogP contribution in [0.2, 0.25) is 0 Å². The summed E-state index contributed by atoms with van der Waals surface area (Å²) in [5.74, 6) is 4.57. The Morgan fingerprint density at radius 2 is 1.78 bits per heavy atom. The average Bonchev–Trinajstić information content (AvgIpc) is 3.23. The molecular formula is C28H25FIN7O4. The minimum atomic E-state index is -0.777. The molecule has 0 radical (unpaired) electrons. The number of hydrogen-bond acceptors (Lipinski definition) is 7. The van der Waals surface area contributed by atoms with Crippen LogP contribution in [0.3, 0.4) is 0 Å². The molecule has 0 fully saturated rings. The van der Waals surface area contributed by atoms with Crippen LogP contribution in [-0.4, -0.2) is 29.9 Å². The zero-order valence-corrected chi connectivity index (χ0v) is 24.7. The summed E-state index contributed by atoms with van der Waals surface area (Å²) in [6.07, 6.45) is 2.72. The number of hydrogen-bond donors (Lipinski definition) is 1. The first-order chi connectivity index (χ1) is 19.5. The quantitative estimate of drug-likeness (QED) is 0.159. The first-order valence-electron chi connectivity index (χ1n) is 12.5. The molecule has 0 bridgehead atoms. The maximum atomic E-state index is 15.2. The van der Waals surface area contributed by atoms with E-state index in [4.69, 9.17) is 10.6 Å². The fraction of sp³-hybridized carbons (Fsp3) is 0.179. The maximum Gasteiger partial charge on any atom is 0.335 e. The highest BCUT2D eigenvalue weighted by atomic mass is 127. The zero-order chi connectivity index (χ0) is 29.6. The Labute approximate surface area is 247 Å². The normalized spacial score (nSPS) is 11.3. The van der Waals surface area contributed by atoms with Gasteiger partial charge in [-0.2, -0.15) is 9.89 Å². The molecule has 0 saturated carbocycles. The number of fused-ring (bicyclic) bond motifs is 1. The summed E-state index contributed by atoms with van der Waals surface area (Å²) in [7, 11) is 0. The second-order valence-corrected chi connectivity index (χ2v) is 10.6. The monoisotopic (exact) mass is 669 g/mol. The highest BCUT2D eigenvalue weighted by Gasteiger charge is 2.25. The molecular weight excluding hydrogens is 644 g/mol. The fourth-order valence-corrected chi connectivity index (χ4v) is 4.90. The highest BCUT2D eigenvalue weighted by Crippen LogP contribution is 2.34. The molecule has 13 heteroatoms. The minimum absolute atomic E-state index is 0.0993. The standard InChI is InChI=1S/C28H25FIN7O4/c1-15(2)34-14-20(26(38)35(28(34)40)18-7-5-16(3)6-8-18)27(39)36(30)19-9-10-22(21(29)13-19)41-23-11-12-32-25-24(23)17(4)33-37(25)31/h5-15H,31H2,1-4H3. The second kappa shape index (κ2) is 10.8. The molecule has 3 aromatic heterocycles. The van der Waals surface area contributed by atoms with Crippen molar-refractivity contribution in [1.82, 2.24) is 24.0 Å². The highest BCUT2D eigenvalue weighted by molar-refractivity contribution is 14.1. The van der Waals surface area contributed by atoms with Crippen molar-refractivity contribution < 1.29 is 13.9 Å². The van der Waals surface area contributed by atoms with Crippen molar-refractivity contribution in [3.05, 3.63) is 104 Å². The number of halogens is 2. The number of nitrogens with zero attached hydrogens (tertiary/aromatic N) is 6. The Morgan fingerprint density at radius 3 is 2.44 bits per heavy atom. The average molecular weight is 669 g/mol. The van der Waals surface area contributed by atoms with Gasteiger partial charge in [-0.25, -0.2) is 21.8 Å². The molecule has 0 aliphatic heterocycles. The van der Waals surface area contributed by atoms with Crippen LogP contribution < -0.4 is 24.9 Å². The predicted octanol–water partition coefficient (Wildman–Crippen LogP) is 4.58.